The summed E-state index contributed by atoms with van der Waals surface area (Å²) in [6, 6.07) is 3.15. The smallest absolute Gasteiger partial charge is 0.196 e. The molecule has 0 bridgehead atoms. The van der Waals surface area contributed by atoms with E-state index in [1.165, 1.54) is 19.2 Å². The molecule has 0 unspecified atom stereocenters. The lowest BCUT2D eigenvalue weighted by molar-refractivity contribution is 0.101. The highest BCUT2D eigenvalue weighted by molar-refractivity contribution is 9.10. The van der Waals surface area contributed by atoms with E-state index in [4.69, 9.17) is 0 Å². The lowest BCUT2D eigenvalue weighted by Gasteiger charge is -2.00. The van der Waals surface area contributed by atoms with Gasteiger partial charge in [-0.25, -0.2) is 8.42 Å². The van der Waals surface area contributed by atoms with Gasteiger partial charge < -0.3 is 0 Å². The van der Waals surface area contributed by atoms with E-state index in [9.17, 15) is 13.2 Å². The lowest BCUT2D eigenvalue weighted by atomic mass is 10.3. The molecule has 0 atom stereocenters. The van der Waals surface area contributed by atoms with Gasteiger partial charge in [0, 0.05) is 16.4 Å². The number of Topliss-reactive ketones (excluding diaryl/α,β-unsaturated/α-hetero) is 1. The van der Waals surface area contributed by atoms with Crippen LogP contribution in [0, 0.1) is 0 Å². The molecule has 82 valence electrons. The minimum atomic E-state index is -3.28. The molecule has 4 nitrogen and oxygen atoms in total. The molecular weight excluding hydrogens is 282 g/mol. The van der Waals surface area contributed by atoms with E-state index in [0.717, 1.165) is 4.47 Å². The third-order valence-electron chi connectivity index (χ3n) is 1.80. The largest absolute Gasteiger partial charge is 0.291 e. The van der Waals surface area contributed by atoms with Crippen LogP contribution in [0.3, 0.4) is 0 Å². The number of hydrogen-bond donors (Lipinski definition) is 0. The van der Waals surface area contributed by atoms with Crippen LogP contribution < -0.4 is 0 Å². The Bertz CT molecular complexity index is 453. The van der Waals surface area contributed by atoms with E-state index in [1.807, 2.05) is 0 Å². The number of aromatic nitrogens is 1. The Hall–Kier alpha value is -0.750. The number of ketones is 1. The molecular formula is C9H10BrNO3S. The van der Waals surface area contributed by atoms with Crippen LogP contribution in [0.1, 0.15) is 17.4 Å². The fourth-order valence-corrected chi connectivity index (χ4v) is 1.90. The zero-order valence-corrected chi connectivity index (χ0v) is 10.5. The molecule has 0 radical (unpaired) electrons. The minimum Gasteiger partial charge on any atom is -0.291 e. The lowest BCUT2D eigenvalue weighted by Crippen LogP contribution is -2.18. The summed E-state index contributed by atoms with van der Waals surface area (Å²) in [7, 11) is -3.28. The number of sulfone groups is 1. The van der Waals surface area contributed by atoms with Crippen molar-refractivity contribution in [1.82, 2.24) is 4.98 Å². The number of nitrogens with zero attached hydrogens (tertiary/aromatic N) is 1. The molecule has 1 aromatic heterocycles. The van der Waals surface area contributed by atoms with Crippen LogP contribution in [0.15, 0.2) is 22.8 Å². The highest BCUT2D eigenvalue weighted by Gasteiger charge is 2.16. The molecule has 0 N–H and O–H groups in total. The maximum atomic E-state index is 11.5. The summed E-state index contributed by atoms with van der Waals surface area (Å²) in [6.45, 7) is 1.51. The van der Waals surface area contributed by atoms with Gasteiger partial charge in [0.15, 0.2) is 15.6 Å². The number of rotatable bonds is 4. The first-order valence-corrected chi connectivity index (χ1v) is 6.91. The van der Waals surface area contributed by atoms with Gasteiger partial charge in [0.2, 0.25) is 0 Å². The average molecular weight is 292 g/mol. The minimum absolute atomic E-state index is 0.0325. The molecule has 0 aliphatic carbocycles. The van der Waals surface area contributed by atoms with Crippen molar-refractivity contribution in [3.63, 3.8) is 0 Å². The second-order valence-corrected chi connectivity index (χ2v) is 6.23. The monoisotopic (exact) mass is 291 g/mol. The van der Waals surface area contributed by atoms with Gasteiger partial charge in [-0.2, -0.15) is 0 Å². The van der Waals surface area contributed by atoms with Gasteiger partial charge in [-0.05, 0) is 28.1 Å². The van der Waals surface area contributed by atoms with Crippen LogP contribution in [0.25, 0.3) is 0 Å². The van der Waals surface area contributed by atoms with Crippen LogP contribution >= 0.6 is 15.9 Å². The quantitative estimate of drug-likeness (QED) is 0.788. The van der Waals surface area contributed by atoms with E-state index < -0.39 is 21.4 Å². The molecule has 1 heterocycles. The van der Waals surface area contributed by atoms with Crippen molar-refractivity contribution in [2.75, 3.05) is 11.5 Å². The normalized spacial score (nSPS) is 11.3. The predicted molar refractivity (Wildman–Crippen MR) is 60.6 cm³/mol. The Morgan fingerprint density at radius 2 is 2.13 bits per heavy atom. The Kier molecular flexibility index (Phi) is 3.98. The van der Waals surface area contributed by atoms with Gasteiger partial charge in [-0.15, -0.1) is 0 Å². The van der Waals surface area contributed by atoms with Gasteiger partial charge >= 0.3 is 0 Å². The number of carbonyl (C=O) groups excluding carboxylic acids is 1. The molecule has 0 spiro atoms. The second-order valence-electron chi connectivity index (χ2n) is 2.96. The fraction of sp³-hybridized carbons (Fsp3) is 0.333. The molecule has 0 amide bonds. The zero-order valence-electron chi connectivity index (χ0n) is 8.10. The molecule has 0 saturated carbocycles. The van der Waals surface area contributed by atoms with Crippen molar-refractivity contribution < 1.29 is 13.2 Å². The van der Waals surface area contributed by atoms with Crippen molar-refractivity contribution in [2.45, 2.75) is 6.92 Å². The number of hydrogen-bond acceptors (Lipinski definition) is 4. The van der Waals surface area contributed by atoms with Gasteiger partial charge in [-0.3, -0.25) is 9.78 Å². The summed E-state index contributed by atoms with van der Waals surface area (Å²) in [5, 5.41) is 0. The first kappa shape index (κ1) is 12.3. The van der Waals surface area contributed by atoms with Crippen molar-refractivity contribution >= 4 is 31.6 Å². The summed E-state index contributed by atoms with van der Waals surface area (Å²) in [6.07, 6.45) is 1.46. The van der Waals surface area contributed by atoms with Crippen molar-refractivity contribution in [2.24, 2.45) is 0 Å². The Morgan fingerprint density at radius 3 is 2.60 bits per heavy atom. The van der Waals surface area contributed by atoms with E-state index >= 15 is 0 Å². The standard InChI is InChI=1S/C9H10BrNO3S/c1-2-15(13,14)6-9(12)8-4-3-7(10)5-11-8/h3-5H,2,6H2,1H3. The summed E-state index contributed by atoms with van der Waals surface area (Å²) in [5.74, 6) is -0.975. The van der Waals surface area contributed by atoms with Crippen molar-refractivity contribution in [1.29, 1.82) is 0 Å². The second kappa shape index (κ2) is 4.85. The Labute approximate surface area is 96.8 Å². The molecule has 15 heavy (non-hydrogen) atoms. The summed E-state index contributed by atoms with van der Waals surface area (Å²) in [4.78, 5) is 15.3. The third kappa shape index (κ3) is 3.71. The molecule has 1 rings (SSSR count). The fourth-order valence-electron chi connectivity index (χ4n) is 0.916. The van der Waals surface area contributed by atoms with E-state index in [-0.39, 0.29) is 11.4 Å². The van der Waals surface area contributed by atoms with Crippen LogP contribution in [0.4, 0.5) is 0 Å². The summed E-state index contributed by atoms with van der Waals surface area (Å²) >= 11 is 3.18. The zero-order chi connectivity index (χ0) is 11.5. The van der Waals surface area contributed by atoms with Crippen LogP contribution in [-0.4, -0.2) is 30.7 Å². The Balaban J connectivity index is 2.83. The highest BCUT2D eigenvalue weighted by atomic mass is 79.9. The number of carbonyl (C=O) groups is 1. The number of halogens is 1. The molecule has 0 aromatic carbocycles. The van der Waals surface area contributed by atoms with E-state index in [0.29, 0.717) is 0 Å². The predicted octanol–water partition coefficient (Wildman–Crippen LogP) is 1.46. The van der Waals surface area contributed by atoms with Gasteiger partial charge in [0.05, 0.1) is 0 Å². The third-order valence-corrected chi connectivity index (χ3v) is 3.85. The first-order chi connectivity index (χ1) is 6.94. The summed E-state index contributed by atoms with van der Waals surface area (Å²) < 4.78 is 23.1. The van der Waals surface area contributed by atoms with Crippen LogP contribution in [0.2, 0.25) is 0 Å². The molecule has 6 heteroatoms. The molecule has 1 aromatic rings. The first-order valence-electron chi connectivity index (χ1n) is 4.30. The van der Waals surface area contributed by atoms with Crippen LogP contribution in [0.5, 0.6) is 0 Å². The maximum Gasteiger partial charge on any atom is 0.196 e. The Morgan fingerprint density at radius 1 is 1.47 bits per heavy atom. The maximum absolute atomic E-state index is 11.5. The highest BCUT2D eigenvalue weighted by Crippen LogP contribution is 2.08. The summed E-state index contributed by atoms with van der Waals surface area (Å²) in [5.41, 5.74) is 0.176. The van der Waals surface area contributed by atoms with Crippen molar-refractivity contribution in [3.05, 3.63) is 28.5 Å². The molecule has 0 aliphatic heterocycles. The van der Waals surface area contributed by atoms with Gasteiger partial charge in [0.25, 0.3) is 0 Å². The number of pyridine rings is 1. The van der Waals surface area contributed by atoms with Crippen LogP contribution in [-0.2, 0) is 9.84 Å². The van der Waals surface area contributed by atoms with E-state index in [1.54, 1.807) is 6.07 Å². The molecule has 0 aliphatic rings. The van der Waals surface area contributed by atoms with Crippen molar-refractivity contribution in [3.8, 4) is 0 Å². The molecule has 0 saturated heterocycles. The van der Waals surface area contributed by atoms with Gasteiger partial charge in [0.1, 0.15) is 11.4 Å². The topological polar surface area (TPSA) is 64.1 Å². The average Bonchev–Trinajstić information content (AvgIpc) is 2.18. The van der Waals surface area contributed by atoms with Gasteiger partial charge in [-0.1, -0.05) is 6.92 Å². The SMILES string of the molecule is CCS(=O)(=O)CC(=O)c1ccc(Br)cn1. The van der Waals surface area contributed by atoms with E-state index in [2.05, 4.69) is 20.9 Å². The molecule has 0 fully saturated rings.